The van der Waals surface area contributed by atoms with E-state index < -0.39 is 11.6 Å². The standard InChI is InChI=1S/C11H7F2N5/c12-7-2-1-5(3-8(7)13)9-6(4-14)10(15)18-11(16)17-9/h1-3H,(H4,15,16,17,18). The Balaban J connectivity index is 2.70. The van der Waals surface area contributed by atoms with Crippen molar-refractivity contribution in [3.8, 4) is 17.3 Å². The molecule has 18 heavy (non-hydrogen) atoms. The van der Waals surface area contributed by atoms with Crippen LogP contribution >= 0.6 is 0 Å². The molecule has 0 radical (unpaired) electrons. The zero-order valence-electron chi connectivity index (χ0n) is 8.98. The summed E-state index contributed by atoms with van der Waals surface area (Å²) in [7, 11) is 0. The maximum atomic E-state index is 13.1. The molecule has 0 aliphatic carbocycles. The summed E-state index contributed by atoms with van der Waals surface area (Å²) in [6.07, 6.45) is 0. The van der Waals surface area contributed by atoms with Crippen LogP contribution in [-0.4, -0.2) is 9.97 Å². The molecule has 0 aliphatic rings. The fourth-order valence-corrected chi connectivity index (χ4v) is 1.46. The average molecular weight is 247 g/mol. The second-order valence-electron chi connectivity index (χ2n) is 3.43. The second kappa shape index (κ2) is 4.25. The van der Waals surface area contributed by atoms with E-state index in [0.717, 1.165) is 12.1 Å². The van der Waals surface area contributed by atoms with Gasteiger partial charge in [-0.3, -0.25) is 0 Å². The van der Waals surface area contributed by atoms with Gasteiger partial charge in [0.25, 0.3) is 0 Å². The van der Waals surface area contributed by atoms with Crippen LogP contribution in [0, 0.1) is 23.0 Å². The van der Waals surface area contributed by atoms with Crippen LogP contribution in [0.15, 0.2) is 18.2 Å². The van der Waals surface area contributed by atoms with Crippen molar-refractivity contribution in [2.75, 3.05) is 11.5 Å². The van der Waals surface area contributed by atoms with Crippen LogP contribution in [0.4, 0.5) is 20.5 Å². The zero-order chi connectivity index (χ0) is 13.3. The molecule has 4 N–H and O–H groups in total. The van der Waals surface area contributed by atoms with E-state index in [0.29, 0.717) is 0 Å². The van der Waals surface area contributed by atoms with E-state index in [-0.39, 0.29) is 28.6 Å². The van der Waals surface area contributed by atoms with E-state index in [4.69, 9.17) is 16.7 Å². The molecule has 0 atom stereocenters. The lowest BCUT2D eigenvalue weighted by Gasteiger charge is -2.06. The molecule has 7 heteroatoms. The molecule has 1 heterocycles. The summed E-state index contributed by atoms with van der Waals surface area (Å²) in [6, 6.07) is 4.93. The van der Waals surface area contributed by atoms with Crippen LogP contribution in [0.5, 0.6) is 0 Å². The summed E-state index contributed by atoms with van der Waals surface area (Å²) >= 11 is 0. The Bertz CT molecular complexity index is 663. The van der Waals surface area contributed by atoms with Gasteiger partial charge in [-0.25, -0.2) is 13.8 Å². The zero-order valence-corrected chi connectivity index (χ0v) is 8.98. The quantitative estimate of drug-likeness (QED) is 0.794. The molecule has 5 nitrogen and oxygen atoms in total. The van der Waals surface area contributed by atoms with Gasteiger partial charge in [0.05, 0.1) is 5.69 Å². The van der Waals surface area contributed by atoms with Gasteiger partial charge < -0.3 is 11.5 Å². The number of rotatable bonds is 1. The number of aromatic nitrogens is 2. The van der Waals surface area contributed by atoms with Crippen molar-refractivity contribution in [2.24, 2.45) is 0 Å². The molecule has 0 fully saturated rings. The van der Waals surface area contributed by atoms with Crippen molar-refractivity contribution in [1.82, 2.24) is 9.97 Å². The maximum Gasteiger partial charge on any atom is 0.222 e. The number of nitrogen functional groups attached to an aromatic ring is 2. The first-order valence-corrected chi connectivity index (χ1v) is 4.81. The minimum absolute atomic E-state index is 0.0322. The predicted octanol–water partition coefficient (Wildman–Crippen LogP) is 1.46. The minimum Gasteiger partial charge on any atom is -0.382 e. The van der Waals surface area contributed by atoms with Crippen molar-refractivity contribution >= 4 is 11.8 Å². The third kappa shape index (κ3) is 1.91. The number of anilines is 2. The van der Waals surface area contributed by atoms with E-state index in [1.807, 2.05) is 0 Å². The molecular weight excluding hydrogens is 240 g/mol. The molecule has 1 aromatic carbocycles. The van der Waals surface area contributed by atoms with Gasteiger partial charge in [-0.1, -0.05) is 0 Å². The first-order chi connectivity index (χ1) is 8.52. The molecular formula is C11H7F2N5. The van der Waals surface area contributed by atoms with E-state index in [2.05, 4.69) is 9.97 Å². The summed E-state index contributed by atoms with van der Waals surface area (Å²) in [5.74, 6) is -2.30. The van der Waals surface area contributed by atoms with Crippen LogP contribution in [0.3, 0.4) is 0 Å². The number of hydrogen-bond donors (Lipinski definition) is 2. The number of nitrogens with zero attached hydrogens (tertiary/aromatic N) is 3. The van der Waals surface area contributed by atoms with Gasteiger partial charge in [-0.2, -0.15) is 10.2 Å². The van der Waals surface area contributed by atoms with Crippen LogP contribution in [0.2, 0.25) is 0 Å². The Morgan fingerprint density at radius 2 is 1.83 bits per heavy atom. The first kappa shape index (κ1) is 11.7. The molecule has 2 aromatic rings. The monoisotopic (exact) mass is 247 g/mol. The minimum atomic E-state index is -1.05. The van der Waals surface area contributed by atoms with Crippen molar-refractivity contribution in [2.45, 2.75) is 0 Å². The third-order valence-electron chi connectivity index (χ3n) is 2.26. The highest BCUT2D eigenvalue weighted by molar-refractivity contribution is 5.72. The number of hydrogen-bond acceptors (Lipinski definition) is 5. The largest absolute Gasteiger partial charge is 0.382 e. The Labute approximate surface area is 101 Å². The Morgan fingerprint density at radius 1 is 1.11 bits per heavy atom. The van der Waals surface area contributed by atoms with E-state index >= 15 is 0 Å². The molecule has 0 bridgehead atoms. The average Bonchev–Trinajstić information content (AvgIpc) is 2.32. The van der Waals surface area contributed by atoms with Crippen molar-refractivity contribution in [1.29, 1.82) is 5.26 Å². The molecule has 1 aromatic heterocycles. The highest BCUT2D eigenvalue weighted by Gasteiger charge is 2.14. The maximum absolute atomic E-state index is 13.1. The van der Waals surface area contributed by atoms with Gasteiger partial charge in [0, 0.05) is 5.56 Å². The van der Waals surface area contributed by atoms with Crippen LogP contribution < -0.4 is 11.5 Å². The highest BCUT2D eigenvalue weighted by atomic mass is 19.2. The van der Waals surface area contributed by atoms with Gasteiger partial charge in [0.2, 0.25) is 5.95 Å². The fourth-order valence-electron chi connectivity index (χ4n) is 1.46. The third-order valence-corrected chi connectivity index (χ3v) is 2.26. The Kier molecular flexibility index (Phi) is 2.77. The Morgan fingerprint density at radius 3 is 2.44 bits per heavy atom. The summed E-state index contributed by atoms with van der Waals surface area (Å²) in [5.41, 5.74) is 11.2. The van der Waals surface area contributed by atoms with E-state index in [1.165, 1.54) is 6.07 Å². The van der Waals surface area contributed by atoms with Gasteiger partial charge in [0.15, 0.2) is 11.6 Å². The lowest BCUT2D eigenvalue weighted by atomic mass is 10.1. The molecule has 0 saturated heterocycles. The van der Waals surface area contributed by atoms with Gasteiger partial charge in [0.1, 0.15) is 17.5 Å². The lowest BCUT2D eigenvalue weighted by molar-refractivity contribution is 0.509. The lowest BCUT2D eigenvalue weighted by Crippen LogP contribution is -2.05. The van der Waals surface area contributed by atoms with Crippen molar-refractivity contribution in [3.63, 3.8) is 0 Å². The molecule has 0 amide bonds. The molecule has 90 valence electrons. The first-order valence-electron chi connectivity index (χ1n) is 4.81. The summed E-state index contributed by atoms with van der Waals surface area (Å²) in [5, 5.41) is 8.96. The van der Waals surface area contributed by atoms with Crippen LogP contribution in [-0.2, 0) is 0 Å². The van der Waals surface area contributed by atoms with Crippen molar-refractivity contribution in [3.05, 3.63) is 35.4 Å². The predicted molar refractivity (Wildman–Crippen MR) is 60.9 cm³/mol. The molecule has 2 rings (SSSR count). The van der Waals surface area contributed by atoms with E-state index in [1.54, 1.807) is 6.07 Å². The molecule has 0 spiro atoms. The highest BCUT2D eigenvalue weighted by Crippen LogP contribution is 2.26. The van der Waals surface area contributed by atoms with Gasteiger partial charge in [-0.15, -0.1) is 0 Å². The summed E-state index contributed by atoms with van der Waals surface area (Å²) in [6.45, 7) is 0. The number of benzene rings is 1. The smallest absolute Gasteiger partial charge is 0.222 e. The van der Waals surface area contributed by atoms with Crippen LogP contribution in [0.25, 0.3) is 11.3 Å². The molecule has 0 aliphatic heterocycles. The van der Waals surface area contributed by atoms with E-state index in [9.17, 15) is 8.78 Å². The van der Waals surface area contributed by atoms with Crippen LogP contribution in [0.1, 0.15) is 5.56 Å². The SMILES string of the molecule is N#Cc1c(N)nc(N)nc1-c1ccc(F)c(F)c1. The fraction of sp³-hybridized carbons (Fsp3) is 0. The topological polar surface area (TPSA) is 102 Å². The summed E-state index contributed by atoms with van der Waals surface area (Å²) in [4.78, 5) is 7.45. The van der Waals surface area contributed by atoms with Gasteiger partial charge >= 0.3 is 0 Å². The number of nitrogens with two attached hydrogens (primary N) is 2. The molecule has 0 unspecified atom stereocenters. The summed E-state index contributed by atoms with van der Waals surface area (Å²) < 4.78 is 26.0. The number of nitriles is 1. The molecule has 0 saturated carbocycles. The van der Waals surface area contributed by atoms with Crippen molar-refractivity contribution < 1.29 is 8.78 Å². The second-order valence-corrected chi connectivity index (χ2v) is 3.43. The normalized spacial score (nSPS) is 10.1. The Hall–Kier alpha value is -2.75. The number of halogens is 2. The van der Waals surface area contributed by atoms with Gasteiger partial charge in [-0.05, 0) is 18.2 Å².